The summed E-state index contributed by atoms with van der Waals surface area (Å²) in [4.78, 5) is 3.02. The number of nitrogens with one attached hydrogen (secondary N) is 1. The van der Waals surface area contributed by atoms with Gasteiger partial charge in [-0.3, -0.25) is 9.11 Å². The zero-order chi connectivity index (χ0) is 16.2. The molecular weight excluding hydrogens is 300 g/mol. The van der Waals surface area contributed by atoms with Crippen molar-refractivity contribution in [2.24, 2.45) is 0 Å². The molecule has 1 aliphatic heterocycles. The van der Waals surface area contributed by atoms with Crippen molar-refractivity contribution in [1.29, 1.82) is 0 Å². The Morgan fingerprint density at radius 2 is 1.91 bits per heavy atom. The molecule has 0 aromatic heterocycles. The molecule has 0 saturated carbocycles. The van der Waals surface area contributed by atoms with Crippen molar-refractivity contribution in [3.63, 3.8) is 0 Å². The van der Waals surface area contributed by atoms with Gasteiger partial charge in [0, 0.05) is 54.7 Å². The molecule has 5 nitrogen and oxygen atoms in total. The topological polar surface area (TPSA) is 61.8 Å². The second kappa shape index (κ2) is 7.55. The van der Waals surface area contributed by atoms with Crippen LogP contribution in [0, 0.1) is 0 Å². The molecule has 0 spiro atoms. The van der Waals surface area contributed by atoms with Gasteiger partial charge in [-0.2, -0.15) is 0 Å². The zero-order valence-electron chi connectivity index (χ0n) is 13.5. The molecule has 1 saturated heterocycles. The summed E-state index contributed by atoms with van der Waals surface area (Å²) in [6.45, 7) is 8.21. The van der Waals surface area contributed by atoms with E-state index in [9.17, 15) is 9.32 Å². The monoisotopic (exact) mass is 326 g/mol. The summed E-state index contributed by atoms with van der Waals surface area (Å²) in [5, 5.41) is 13.8. The Kier molecular flexibility index (Phi) is 5.97. The molecule has 1 aromatic carbocycles. The predicted molar refractivity (Wildman–Crippen MR) is 88.8 cm³/mol. The largest absolute Gasteiger partial charge is 0.485 e. The average molecular weight is 326 g/mol. The number of aliphatic hydroxyl groups excluding tert-OH is 1. The lowest BCUT2D eigenvalue weighted by atomic mass is 10.0. The van der Waals surface area contributed by atoms with Crippen molar-refractivity contribution in [1.82, 2.24) is 10.2 Å². The number of β-amino-alcohol motifs (C(OH)–C–C–N with tert-alkyl or cyclic N) is 1. The van der Waals surface area contributed by atoms with Crippen LogP contribution in [0.3, 0.4) is 0 Å². The van der Waals surface area contributed by atoms with Crippen molar-refractivity contribution in [3.8, 4) is 5.75 Å². The number of piperazine rings is 1. The van der Waals surface area contributed by atoms with Gasteiger partial charge in [0.2, 0.25) is 0 Å². The number of nitrogens with zero attached hydrogens (tertiary/aromatic N) is 1. The summed E-state index contributed by atoms with van der Waals surface area (Å²) >= 11 is 0. The van der Waals surface area contributed by atoms with Crippen molar-refractivity contribution in [2.45, 2.75) is 30.4 Å². The van der Waals surface area contributed by atoms with Crippen LogP contribution in [0.2, 0.25) is 0 Å². The van der Waals surface area contributed by atoms with Crippen LogP contribution in [-0.4, -0.2) is 64.9 Å². The van der Waals surface area contributed by atoms with Crippen LogP contribution < -0.4 is 10.1 Å². The van der Waals surface area contributed by atoms with E-state index in [1.807, 2.05) is 13.8 Å². The normalized spacial score (nSPS) is 19.6. The quantitative estimate of drug-likeness (QED) is 0.811. The lowest BCUT2D eigenvalue weighted by Gasteiger charge is -2.36. The first-order valence-corrected chi connectivity index (χ1v) is 9.18. The molecule has 2 unspecified atom stereocenters. The van der Waals surface area contributed by atoms with E-state index in [4.69, 9.17) is 4.74 Å². The van der Waals surface area contributed by atoms with Gasteiger partial charge in [0.15, 0.2) is 0 Å². The maximum absolute atomic E-state index is 11.4. The van der Waals surface area contributed by atoms with E-state index in [1.54, 1.807) is 30.5 Å². The SMILES string of the molecule is CS(=O)c1ccc(OC(C)(C)C(O)CN2CCNCC2)cc1. The molecular formula is C16H26N2O3S. The van der Waals surface area contributed by atoms with E-state index < -0.39 is 22.5 Å². The molecule has 1 fully saturated rings. The molecule has 0 aliphatic carbocycles. The van der Waals surface area contributed by atoms with Gasteiger partial charge >= 0.3 is 0 Å². The molecule has 0 radical (unpaired) electrons. The molecule has 1 heterocycles. The molecule has 2 N–H and O–H groups in total. The number of ether oxygens (including phenoxy) is 1. The van der Waals surface area contributed by atoms with Crippen LogP contribution in [0.15, 0.2) is 29.2 Å². The summed E-state index contributed by atoms with van der Waals surface area (Å²) in [5.41, 5.74) is -0.683. The molecule has 1 aromatic rings. The van der Waals surface area contributed by atoms with Crippen molar-refractivity contribution >= 4 is 10.8 Å². The Balaban J connectivity index is 1.94. The van der Waals surface area contributed by atoms with E-state index in [-0.39, 0.29) is 0 Å². The highest BCUT2D eigenvalue weighted by molar-refractivity contribution is 7.84. The van der Waals surface area contributed by atoms with Gasteiger partial charge in [-0.1, -0.05) is 0 Å². The molecule has 2 atom stereocenters. The van der Waals surface area contributed by atoms with Crippen molar-refractivity contribution in [2.75, 3.05) is 39.0 Å². The van der Waals surface area contributed by atoms with E-state index in [0.717, 1.165) is 31.1 Å². The summed E-state index contributed by atoms with van der Waals surface area (Å²) in [5.74, 6) is 0.679. The Morgan fingerprint density at radius 3 is 2.45 bits per heavy atom. The van der Waals surface area contributed by atoms with Gasteiger partial charge in [0.1, 0.15) is 17.5 Å². The maximum atomic E-state index is 11.4. The third-order valence-corrected chi connectivity index (χ3v) is 4.92. The van der Waals surface area contributed by atoms with Gasteiger partial charge in [0.25, 0.3) is 0 Å². The Labute approximate surface area is 135 Å². The molecule has 1 aliphatic rings. The van der Waals surface area contributed by atoms with E-state index in [1.165, 1.54) is 0 Å². The van der Waals surface area contributed by atoms with Gasteiger partial charge in [-0.05, 0) is 38.1 Å². The molecule has 0 bridgehead atoms. The second-order valence-corrected chi connectivity index (χ2v) is 7.58. The lowest BCUT2D eigenvalue weighted by Crippen LogP contribution is -2.52. The fourth-order valence-electron chi connectivity index (χ4n) is 2.43. The van der Waals surface area contributed by atoms with Crippen molar-refractivity contribution < 1.29 is 14.1 Å². The zero-order valence-corrected chi connectivity index (χ0v) is 14.4. The summed E-state index contributed by atoms with van der Waals surface area (Å²) in [6, 6.07) is 7.19. The molecule has 0 amide bonds. The Hall–Kier alpha value is -0.950. The Morgan fingerprint density at radius 1 is 1.32 bits per heavy atom. The number of hydrogen-bond acceptors (Lipinski definition) is 5. The second-order valence-electron chi connectivity index (χ2n) is 6.20. The molecule has 124 valence electrons. The third-order valence-electron chi connectivity index (χ3n) is 3.98. The minimum absolute atomic E-state index is 0.578. The maximum Gasteiger partial charge on any atom is 0.130 e. The van der Waals surface area contributed by atoms with Crippen LogP contribution in [0.1, 0.15) is 13.8 Å². The van der Waals surface area contributed by atoms with Gasteiger partial charge in [0.05, 0.1) is 0 Å². The molecule has 2 rings (SSSR count). The van der Waals surface area contributed by atoms with Crippen LogP contribution in [-0.2, 0) is 10.8 Å². The predicted octanol–water partition coefficient (Wildman–Crippen LogP) is 0.848. The molecule has 22 heavy (non-hydrogen) atoms. The first-order valence-electron chi connectivity index (χ1n) is 7.62. The van der Waals surface area contributed by atoms with Crippen molar-refractivity contribution in [3.05, 3.63) is 24.3 Å². The minimum Gasteiger partial charge on any atom is -0.485 e. The third kappa shape index (κ3) is 4.78. The van der Waals surface area contributed by atoms with Gasteiger partial charge in [-0.25, -0.2) is 0 Å². The summed E-state index contributed by atoms with van der Waals surface area (Å²) < 4.78 is 17.3. The van der Waals surface area contributed by atoms with E-state index in [2.05, 4.69) is 10.2 Å². The first-order chi connectivity index (χ1) is 10.4. The number of benzene rings is 1. The van der Waals surface area contributed by atoms with Gasteiger partial charge in [-0.15, -0.1) is 0 Å². The highest BCUT2D eigenvalue weighted by Gasteiger charge is 2.31. The van der Waals surface area contributed by atoms with Crippen LogP contribution >= 0.6 is 0 Å². The highest BCUT2D eigenvalue weighted by atomic mass is 32.2. The van der Waals surface area contributed by atoms with Gasteiger partial charge < -0.3 is 15.2 Å². The fourth-order valence-corrected chi connectivity index (χ4v) is 2.95. The minimum atomic E-state index is -0.992. The lowest BCUT2D eigenvalue weighted by molar-refractivity contribution is -0.0456. The fraction of sp³-hybridized carbons (Fsp3) is 0.625. The van der Waals surface area contributed by atoms with Crippen LogP contribution in [0.25, 0.3) is 0 Å². The average Bonchev–Trinajstić information content (AvgIpc) is 2.48. The Bertz CT molecular complexity index is 499. The standard InChI is InChI=1S/C16H26N2O3S/c1-16(2,15(19)12-18-10-8-17-9-11-18)21-13-4-6-14(7-5-13)22(3)20/h4-7,15,17,19H,8-12H2,1-3H3. The smallest absolute Gasteiger partial charge is 0.130 e. The first kappa shape index (κ1) is 17.4. The van der Waals surface area contributed by atoms with Crippen LogP contribution in [0.4, 0.5) is 0 Å². The summed E-state index contributed by atoms with van der Waals surface area (Å²) in [7, 11) is -0.992. The number of rotatable bonds is 6. The van der Waals surface area contributed by atoms with Crippen LogP contribution in [0.5, 0.6) is 5.75 Å². The molecule has 6 heteroatoms. The number of hydrogen-bond donors (Lipinski definition) is 2. The van der Waals surface area contributed by atoms with E-state index in [0.29, 0.717) is 12.3 Å². The van der Waals surface area contributed by atoms with E-state index >= 15 is 0 Å². The number of aliphatic hydroxyl groups is 1. The highest BCUT2D eigenvalue weighted by Crippen LogP contribution is 2.23. The summed E-state index contributed by atoms with van der Waals surface area (Å²) in [6.07, 6.45) is 1.07.